The molecule has 1 amide bonds. The highest BCUT2D eigenvalue weighted by Crippen LogP contribution is 2.25. The van der Waals surface area contributed by atoms with E-state index in [4.69, 9.17) is 0 Å². The van der Waals surface area contributed by atoms with Crippen molar-refractivity contribution in [2.75, 3.05) is 13.6 Å². The van der Waals surface area contributed by atoms with Crippen molar-refractivity contribution in [1.29, 1.82) is 0 Å². The fraction of sp³-hybridized carbons (Fsp3) is 0.588. The molecule has 0 aromatic heterocycles. The molecule has 0 bridgehead atoms. The molecule has 23 heavy (non-hydrogen) atoms. The van der Waals surface area contributed by atoms with E-state index in [9.17, 15) is 13.2 Å². The van der Waals surface area contributed by atoms with Crippen molar-refractivity contribution < 1.29 is 13.2 Å². The molecule has 1 aromatic carbocycles. The maximum atomic E-state index is 12.9. The second-order valence-corrected chi connectivity index (χ2v) is 8.04. The van der Waals surface area contributed by atoms with E-state index in [0.717, 1.165) is 37.8 Å². The predicted molar refractivity (Wildman–Crippen MR) is 91.1 cm³/mol. The van der Waals surface area contributed by atoms with Crippen molar-refractivity contribution in [2.45, 2.75) is 57.4 Å². The van der Waals surface area contributed by atoms with Gasteiger partial charge in [0.15, 0.2) is 0 Å². The summed E-state index contributed by atoms with van der Waals surface area (Å²) in [6, 6.07) is 3.56. The standard InChI is InChI=1S/C17H26N2O3S/c1-5-15-8-6-7-9-19(15)17(20)14-10-12(2)13(3)16(11-14)23(21,22)18-4/h10-11,15,18H,5-9H2,1-4H3. The van der Waals surface area contributed by atoms with Crippen molar-refractivity contribution in [3.8, 4) is 0 Å². The molecule has 1 N–H and O–H groups in total. The van der Waals surface area contributed by atoms with Crippen LogP contribution in [0.1, 0.15) is 54.1 Å². The lowest BCUT2D eigenvalue weighted by Crippen LogP contribution is -2.43. The molecule has 1 aromatic rings. The van der Waals surface area contributed by atoms with Gasteiger partial charge in [-0.25, -0.2) is 13.1 Å². The van der Waals surface area contributed by atoms with E-state index in [1.807, 2.05) is 11.8 Å². The Morgan fingerprint density at radius 1 is 1.30 bits per heavy atom. The van der Waals surface area contributed by atoms with Gasteiger partial charge in [0.2, 0.25) is 10.0 Å². The fourth-order valence-electron chi connectivity index (χ4n) is 3.20. The van der Waals surface area contributed by atoms with E-state index < -0.39 is 10.0 Å². The summed E-state index contributed by atoms with van der Waals surface area (Å²) in [5.41, 5.74) is 1.96. The number of benzene rings is 1. The third kappa shape index (κ3) is 3.58. The number of sulfonamides is 1. The van der Waals surface area contributed by atoms with Gasteiger partial charge in [0, 0.05) is 18.2 Å². The smallest absolute Gasteiger partial charge is 0.254 e. The number of hydrogen-bond acceptors (Lipinski definition) is 3. The average Bonchev–Trinajstić information content (AvgIpc) is 2.56. The van der Waals surface area contributed by atoms with Crippen LogP contribution in [0.3, 0.4) is 0 Å². The average molecular weight is 338 g/mol. The van der Waals surface area contributed by atoms with Crippen LogP contribution in [0.2, 0.25) is 0 Å². The molecule has 5 nitrogen and oxygen atoms in total. The van der Waals surface area contributed by atoms with Gasteiger partial charge in [0.1, 0.15) is 0 Å². The summed E-state index contributed by atoms with van der Waals surface area (Å²) < 4.78 is 26.8. The molecule has 1 saturated heterocycles. The van der Waals surface area contributed by atoms with Crippen LogP contribution in [-0.2, 0) is 10.0 Å². The van der Waals surface area contributed by atoms with Crippen LogP contribution in [0.25, 0.3) is 0 Å². The molecule has 1 atom stereocenters. The number of piperidine rings is 1. The van der Waals surface area contributed by atoms with Crippen LogP contribution in [0.15, 0.2) is 17.0 Å². The lowest BCUT2D eigenvalue weighted by Gasteiger charge is -2.35. The van der Waals surface area contributed by atoms with Gasteiger partial charge in [-0.2, -0.15) is 0 Å². The zero-order valence-corrected chi connectivity index (χ0v) is 15.2. The minimum absolute atomic E-state index is 0.0628. The monoisotopic (exact) mass is 338 g/mol. The number of nitrogens with one attached hydrogen (secondary N) is 1. The molecule has 128 valence electrons. The Balaban J connectivity index is 2.45. The van der Waals surface area contributed by atoms with Gasteiger partial charge in [-0.15, -0.1) is 0 Å². The molecular weight excluding hydrogens is 312 g/mol. The van der Waals surface area contributed by atoms with Crippen LogP contribution in [0.4, 0.5) is 0 Å². The Bertz CT molecular complexity index is 698. The number of rotatable bonds is 4. The molecule has 1 fully saturated rings. The lowest BCUT2D eigenvalue weighted by molar-refractivity contribution is 0.0607. The molecule has 1 unspecified atom stereocenters. The molecule has 6 heteroatoms. The van der Waals surface area contributed by atoms with Crippen molar-refractivity contribution >= 4 is 15.9 Å². The highest BCUT2D eigenvalue weighted by atomic mass is 32.2. The number of carbonyl (C=O) groups is 1. The number of carbonyl (C=O) groups excluding carboxylic acids is 1. The zero-order valence-electron chi connectivity index (χ0n) is 14.3. The summed E-state index contributed by atoms with van der Waals surface area (Å²) in [7, 11) is -2.19. The van der Waals surface area contributed by atoms with Gasteiger partial charge in [0.25, 0.3) is 5.91 Å². The number of aryl methyl sites for hydroxylation is 1. The molecule has 1 aliphatic heterocycles. The quantitative estimate of drug-likeness (QED) is 0.918. The first-order valence-electron chi connectivity index (χ1n) is 8.17. The first-order chi connectivity index (χ1) is 10.8. The molecule has 2 rings (SSSR count). The fourth-order valence-corrected chi connectivity index (χ4v) is 4.26. The third-order valence-corrected chi connectivity index (χ3v) is 6.32. The maximum Gasteiger partial charge on any atom is 0.254 e. The second kappa shape index (κ2) is 7.01. The lowest BCUT2D eigenvalue weighted by atomic mass is 9.98. The van der Waals surface area contributed by atoms with Crippen molar-refractivity contribution in [3.63, 3.8) is 0 Å². The Hall–Kier alpha value is -1.40. The van der Waals surface area contributed by atoms with Crippen LogP contribution in [0, 0.1) is 13.8 Å². The largest absolute Gasteiger partial charge is 0.336 e. The first-order valence-corrected chi connectivity index (χ1v) is 9.66. The molecule has 1 aliphatic rings. The second-order valence-electron chi connectivity index (χ2n) is 6.18. The predicted octanol–water partition coefficient (Wildman–Crippen LogP) is 2.62. The first kappa shape index (κ1) is 17.9. The van der Waals surface area contributed by atoms with Gasteiger partial charge in [-0.05, 0) is 69.8 Å². The Morgan fingerprint density at radius 2 is 2.00 bits per heavy atom. The summed E-state index contributed by atoms with van der Waals surface area (Å²) in [5.74, 6) is -0.0628. The Morgan fingerprint density at radius 3 is 2.61 bits per heavy atom. The number of amides is 1. The normalized spacial score (nSPS) is 19.0. The Labute approximate surface area is 139 Å². The van der Waals surface area contributed by atoms with E-state index in [2.05, 4.69) is 11.6 Å². The van der Waals surface area contributed by atoms with Gasteiger partial charge >= 0.3 is 0 Å². The van der Waals surface area contributed by atoms with E-state index >= 15 is 0 Å². The summed E-state index contributed by atoms with van der Waals surface area (Å²) >= 11 is 0. The zero-order chi connectivity index (χ0) is 17.2. The van der Waals surface area contributed by atoms with Crippen molar-refractivity contribution in [3.05, 3.63) is 28.8 Å². The molecule has 0 radical (unpaired) electrons. The van der Waals surface area contributed by atoms with E-state index in [1.54, 1.807) is 13.0 Å². The maximum absolute atomic E-state index is 12.9. The van der Waals surface area contributed by atoms with Gasteiger partial charge in [0.05, 0.1) is 4.90 Å². The molecule has 1 heterocycles. The highest BCUT2D eigenvalue weighted by Gasteiger charge is 2.28. The van der Waals surface area contributed by atoms with Gasteiger partial charge in [-0.1, -0.05) is 6.92 Å². The summed E-state index contributed by atoms with van der Waals surface area (Å²) in [4.78, 5) is 15.0. The minimum Gasteiger partial charge on any atom is -0.336 e. The Kier molecular flexibility index (Phi) is 5.47. The SMILES string of the molecule is CCC1CCCCN1C(=O)c1cc(C)c(C)c(S(=O)(=O)NC)c1. The van der Waals surface area contributed by atoms with Gasteiger partial charge < -0.3 is 4.90 Å². The van der Waals surface area contributed by atoms with E-state index in [1.165, 1.54) is 13.1 Å². The number of likely N-dealkylation sites (tertiary alicyclic amines) is 1. The minimum atomic E-state index is -3.58. The molecule has 0 aliphatic carbocycles. The van der Waals surface area contributed by atoms with E-state index in [0.29, 0.717) is 11.1 Å². The summed E-state index contributed by atoms with van der Waals surface area (Å²) in [6.45, 7) is 6.45. The number of hydrogen-bond donors (Lipinski definition) is 1. The van der Waals surface area contributed by atoms with Gasteiger partial charge in [-0.3, -0.25) is 4.79 Å². The third-order valence-electron chi connectivity index (χ3n) is 4.78. The summed E-state index contributed by atoms with van der Waals surface area (Å²) in [5, 5.41) is 0. The van der Waals surface area contributed by atoms with Crippen LogP contribution in [0.5, 0.6) is 0 Å². The molecule has 0 saturated carbocycles. The van der Waals surface area contributed by atoms with Crippen LogP contribution >= 0.6 is 0 Å². The summed E-state index contributed by atoms with van der Waals surface area (Å²) in [6.07, 6.45) is 4.11. The van der Waals surface area contributed by atoms with Crippen LogP contribution < -0.4 is 4.72 Å². The number of nitrogens with zero attached hydrogens (tertiary/aromatic N) is 1. The van der Waals surface area contributed by atoms with Crippen molar-refractivity contribution in [2.24, 2.45) is 0 Å². The van der Waals surface area contributed by atoms with Crippen molar-refractivity contribution in [1.82, 2.24) is 9.62 Å². The highest BCUT2D eigenvalue weighted by molar-refractivity contribution is 7.89. The molecular formula is C17H26N2O3S. The molecule has 0 spiro atoms. The topological polar surface area (TPSA) is 66.5 Å². The van der Waals surface area contributed by atoms with Crippen LogP contribution in [-0.4, -0.2) is 38.9 Å². The van der Waals surface area contributed by atoms with E-state index in [-0.39, 0.29) is 16.8 Å².